The number of rotatable bonds is 4. The van der Waals surface area contributed by atoms with Crippen LogP contribution in [0.5, 0.6) is 5.75 Å². The van der Waals surface area contributed by atoms with Crippen molar-refractivity contribution < 1.29 is 13.9 Å². The van der Waals surface area contributed by atoms with Crippen LogP contribution >= 0.6 is 0 Å². The lowest BCUT2D eigenvalue weighted by molar-refractivity contribution is -0.136. The molecule has 0 spiro atoms. The van der Waals surface area contributed by atoms with Gasteiger partial charge in [0.05, 0.1) is 12.6 Å². The van der Waals surface area contributed by atoms with E-state index in [1.54, 1.807) is 24.1 Å². The van der Waals surface area contributed by atoms with Gasteiger partial charge in [-0.25, -0.2) is 4.39 Å². The van der Waals surface area contributed by atoms with Crippen molar-refractivity contribution in [2.24, 2.45) is 0 Å². The van der Waals surface area contributed by atoms with Crippen LogP contribution in [0.4, 0.5) is 4.39 Å². The van der Waals surface area contributed by atoms with E-state index in [1.807, 2.05) is 6.92 Å². The molecule has 1 unspecified atom stereocenters. The van der Waals surface area contributed by atoms with Crippen LogP contribution in [-0.4, -0.2) is 37.0 Å². The zero-order chi connectivity index (χ0) is 14.8. The van der Waals surface area contributed by atoms with E-state index in [0.29, 0.717) is 6.54 Å². The van der Waals surface area contributed by atoms with Crippen molar-refractivity contribution in [1.82, 2.24) is 10.2 Å². The highest BCUT2D eigenvalue weighted by Gasteiger charge is 2.37. The van der Waals surface area contributed by atoms with Gasteiger partial charge in [0.15, 0.2) is 11.6 Å². The Morgan fingerprint density at radius 3 is 2.85 bits per heavy atom. The number of benzene rings is 1. The summed E-state index contributed by atoms with van der Waals surface area (Å²) in [6.45, 7) is 3.18. The monoisotopic (exact) mass is 280 g/mol. The Morgan fingerprint density at radius 1 is 1.55 bits per heavy atom. The molecule has 0 radical (unpaired) electrons. The van der Waals surface area contributed by atoms with Crippen molar-refractivity contribution in [3.05, 3.63) is 29.6 Å². The van der Waals surface area contributed by atoms with Crippen molar-refractivity contribution in [2.75, 3.05) is 20.7 Å². The first kappa shape index (κ1) is 14.8. The van der Waals surface area contributed by atoms with Crippen molar-refractivity contribution >= 4 is 5.91 Å². The largest absolute Gasteiger partial charge is 0.494 e. The maximum Gasteiger partial charge on any atom is 0.242 e. The highest BCUT2D eigenvalue weighted by atomic mass is 19.1. The third-order valence-corrected chi connectivity index (χ3v) is 3.82. The van der Waals surface area contributed by atoms with E-state index in [2.05, 4.69) is 5.32 Å². The van der Waals surface area contributed by atoms with Gasteiger partial charge in [0.1, 0.15) is 0 Å². The van der Waals surface area contributed by atoms with Gasteiger partial charge in [-0.05, 0) is 44.0 Å². The van der Waals surface area contributed by atoms with E-state index >= 15 is 0 Å². The van der Waals surface area contributed by atoms with Gasteiger partial charge in [0.2, 0.25) is 5.91 Å². The molecule has 110 valence electrons. The minimum Gasteiger partial charge on any atom is -0.494 e. The van der Waals surface area contributed by atoms with Gasteiger partial charge < -0.3 is 15.0 Å². The summed E-state index contributed by atoms with van der Waals surface area (Å²) < 4.78 is 18.5. The predicted molar refractivity (Wildman–Crippen MR) is 75.1 cm³/mol. The van der Waals surface area contributed by atoms with E-state index in [4.69, 9.17) is 4.74 Å². The number of likely N-dealkylation sites (N-methyl/N-ethyl adjacent to an activating group) is 1. The highest BCUT2D eigenvalue weighted by Crippen LogP contribution is 2.23. The second-order valence-corrected chi connectivity index (χ2v) is 5.49. The van der Waals surface area contributed by atoms with Gasteiger partial charge in [-0.1, -0.05) is 6.07 Å². The first-order chi connectivity index (χ1) is 9.46. The summed E-state index contributed by atoms with van der Waals surface area (Å²) in [4.78, 5) is 14.1. The Labute approximate surface area is 118 Å². The Balaban J connectivity index is 2.05. The Kier molecular flexibility index (Phi) is 4.28. The molecule has 1 amide bonds. The molecule has 1 aromatic carbocycles. The van der Waals surface area contributed by atoms with Crippen LogP contribution in [0.1, 0.15) is 25.3 Å². The van der Waals surface area contributed by atoms with Gasteiger partial charge in [-0.2, -0.15) is 0 Å². The fraction of sp³-hybridized carbons (Fsp3) is 0.533. The normalized spacial score (nSPS) is 21.8. The lowest BCUT2D eigenvalue weighted by atomic mass is 9.98. The molecule has 1 saturated heterocycles. The van der Waals surface area contributed by atoms with Crippen LogP contribution in [0.2, 0.25) is 0 Å². The molecule has 20 heavy (non-hydrogen) atoms. The number of carbonyl (C=O) groups excluding carboxylic acids is 1. The van der Waals surface area contributed by atoms with Crippen molar-refractivity contribution in [3.63, 3.8) is 0 Å². The number of hydrogen-bond donors (Lipinski definition) is 1. The summed E-state index contributed by atoms with van der Waals surface area (Å²) in [5.41, 5.74) is 0.264. The highest BCUT2D eigenvalue weighted by molar-refractivity contribution is 5.86. The fourth-order valence-electron chi connectivity index (χ4n) is 2.65. The number of hydrogen-bond acceptors (Lipinski definition) is 3. The Morgan fingerprint density at radius 2 is 2.30 bits per heavy atom. The molecule has 1 aliphatic heterocycles. The summed E-state index contributed by atoms with van der Waals surface area (Å²) in [5, 5.41) is 3.24. The van der Waals surface area contributed by atoms with Crippen LogP contribution in [0.25, 0.3) is 0 Å². The van der Waals surface area contributed by atoms with Crippen molar-refractivity contribution in [2.45, 2.75) is 31.8 Å². The van der Waals surface area contributed by atoms with E-state index in [0.717, 1.165) is 24.9 Å². The van der Waals surface area contributed by atoms with Gasteiger partial charge in [0, 0.05) is 13.6 Å². The predicted octanol–water partition coefficient (Wildman–Crippen LogP) is 1.93. The second-order valence-electron chi connectivity index (χ2n) is 5.49. The number of carbonyl (C=O) groups is 1. The topological polar surface area (TPSA) is 41.6 Å². The van der Waals surface area contributed by atoms with Crippen LogP contribution in [0.15, 0.2) is 18.2 Å². The molecule has 1 atom stereocenters. The molecule has 0 bridgehead atoms. The van der Waals surface area contributed by atoms with Crippen LogP contribution in [-0.2, 0) is 11.3 Å². The average Bonchev–Trinajstić information content (AvgIpc) is 2.86. The zero-order valence-corrected chi connectivity index (χ0v) is 12.2. The SMILES string of the molecule is COc1ccc(CN(C)C(=O)C2(C)CCCN2)cc1F. The van der Waals surface area contributed by atoms with E-state index in [1.165, 1.54) is 13.2 Å². The second kappa shape index (κ2) is 5.79. The van der Waals surface area contributed by atoms with Gasteiger partial charge in [-0.3, -0.25) is 4.79 Å². The molecule has 0 aliphatic carbocycles. The molecule has 5 heteroatoms. The van der Waals surface area contributed by atoms with Crippen molar-refractivity contribution in [1.29, 1.82) is 0 Å². The van der Waals surface area contributed by atoms with E-state index < -0.39 is 11.4 Å². The van der Waals surface area contributed by atoms with Crippen LogP contribution in [0.3, 0.4) is 0 Å². The summed E-state index contributed by atoms with van der Waals surface area (Å²) in [7, 11) is 3.18. The number of nitrogens with zero attached hydrogens (tertiary/aromatic N) is 1. The Bertz CT molecular complexity index is 499. The van der Waals surface area contributed by atoms with Crippen molar-refractivity contribution in [3.8, 4) is 5.75 Å². The number of methoxy groups -OCH3 is 1. The standard InChI is InChI=1S/C15H21FN2O2/c1-15(7-4-8-17-15)14(19)18(2)10-11-5-6-13(20-3)12(16)9-11/h5-6,9,17H,4,7-8,10H2,1-3H3. The molecular formula is C15H21FN2O2. The molecule has 0 aromatic heterocycles. The first-order valence-electron chi connectivity index (χ1n) is 6.79. The quantitative estimate of drug-likeness (QED) is 0.916. The van der Waals surface area contributed by atoms with Crippen LogP contribution in [0, 0.1) is 5.82 Å². The molecule has 1 N–H and O–H groups in total. The maximum absolute atomic E-state index is 13.6. The maximum atomic E-state index is 13.6. The molecule has 2 rings (SSSR count). The molecule has 1 heterocycles. The van der Waals surface area contributed by atoms with Gasteiger partial charge in [0.25, 0.3) is 0 Å². The zero-order valence-electron chi connectivity index (χ0n) is 12.2. The number of nitrogens with one attached hydrogen (secondary N) is 1. The summed E-state index contributed by atoms with van der Waals surface area (Å²) in [5.74, 6) is -0.144. The minimum atomic E-state index is -0.486. The lowest BCUT2D eigenvalue weighted by Crippen LogP contribution is -2.51. The third-order valence-electron chi connectivity index (χ3n) is 3.82. The summed E-state index contributed by atoms with van der Waals surface area (Å²) in [6, 6.07) is 4.77. The lowest BCUT2D eigenvalue weighted by Gasteiger charge is -2.29. The molecule has 4 nitrogen and oxygen atoms in total. The minimum absolute atomic E-state index is 0.0474. The van der Waals surface area contributed by atoms with E-state index in [-0.39, 0.29) is 11.7 Å². The molecule has 1 fully saturated rings. The number of halogens is 1. The van der Waals surface area contributed by atoms with Gasteiger partial charge in [-0.15, -0.1) is 0 Å². The third kappa shape index (κ3) is 2.93. The van der Waals surface area contributed by atoms with Crippen LogP contribution < -0.4 is 10.1 Å². The van der Waals surface area contributed by atoms with E-state index in [9.17, 15) is 9.18 Å². The molecule has 1 aromatic rings. The summed E-state index contributed by atoms with van der Waals surface area (Å²) >= 11 is 0. The Hall–Kier alpha value is -1.62. The molecule has 0 saturated carbocycles. The smallest absolute Gasteiger partial charge is 0.242 e. The average molecular weight is 280 g/mol. The van der Waals surface area contributed by atoms with Gasteiger partial charge >= 0.3 is 0 Å². The summed E-state index contributed by atoms with van der Waals surface area (Å²) in [6.07, 6.45) is 1.85. The number of amides is 1. The first-order valence-corrected chi connectivity index (χ1v) is 6.79. The molecular weight excluding hydrogens is 259 g/mol. The number of ether oxygens (including phenoxy) is 1. The fourth-order valence-corrected chi connectivity index (χ4v) is 2.65. The molecule has 1 aliphatic rings.